The van der Waals surface area contributed by atoms with E-state index in [1.165, 1.54) is 0 Å². The number of piperidine rings is 1. The number of hydrogen-bond acceptors (Lipinski definition) is 5. The Hall–Kier alpha value is -3.13. The van der Waals surface area contributed by atoms with Crippen LogP contribution < -0.4 is 10.1 Å². The van der Waals surface area contributed by atoms with Gasteiger partial charge in [-0.05, 0) is 55.1 Å². The SMILES string of the molecule is COc1cccc(NC(=S)N2CCC3(CCN(C(=O)CC4OC(=O)c5ccccc54)C3)CC2)c1. The van der Waals surface area contributed by atoms with Gasteiger partial charge in [0.2, 0.25) is 5.91 Å². The summed E-state index contributed by atoms with van der Waals surface area (Å²) in [5.41, 5.74) is 2.45. The largest absolute Gasteiger partial charge is 0.497 e. The second-order valence-corrected chi connectivity index (χ2v) is 9.79. The van der Waals surface area contributed by atoms with E-state index >= 15 is 0 Å². The Balaban J connectivity index is 1.14. The molecule has 1 unspecified atom stereocenters. The number of thiocarbonyl (C=S) groups is 1. The van der Waals surface area contributed by atoms with Crippen molar-refractivity contribution in [3.05, 3.63) is 59.7 Å². The molecule has 8 heteroatoms. The quantitative estimate of drug-likeness (QED) is 0.525. The van der Waals surface area contributed by atoms with Crippen LogP contribution in [0.25, 0.3) is 0 Å². The lowest BCUT2D eigenvalue weighted by Crippen LogP contribution is -2.46. The second kappa shape index (κ2) is 9.25. The minimum absolute atomic E-state index is 0.0593. The summed E-state index contributed by atoms with van der Waals surface area (Å²) in [5.74, 6) is 0.512. The molecule has 2 aromatic carbocycles. The third kappa shape index (κ3) is 4.46. The Morgan fingerprint density at radius 1 is 1.12 bits per heavy atom. The van der Waals surface area contributed by atoms with E-state index in [9.17, 15) is 9.59 Å². The van der Waals surface area contributed by atoms with Crippen molar-refractivity contribution in [3.8, 4) is 5.75 Å². The number of esters is 1. The van der Waals surface area contributed by atoms with E-state index < -0.39 is 6.10 Å². The molecular formula is C26H29N3O4S. The smallest absolute Gasteiger partial charge is 0.339 e. The molecule has 1 atom stereocenters. The van der Waals surface area contributed by atoms with Gasteiger partial charge in [-0.15, -0.1) is 0 Å². The summed E-state index contributed by atoms with van der Waals surface area (Å²) in [6.07, 6.45) is 2.73. The Morgan fingerprint density at radius 3 is 2.62 bits per heavy atom. The van der Waals surface area contributed by atoms with Gasteiger partial charge in [0.25, 0.3) is 0 Å². The predicted molar refractivity (Wildman–Crippen MR) is 133 cm³/mol. The van der Waals surface area contributed by atoms with Gasteiger partial charge in [0.05, 0.1) is 19.1 Å². The van der Waals surface area contributed by atoms with E-state index in [1.54, 1.807) is 13.2 Å². The summed E-state index contributed by atoms with van der Waals surface area (Å²) >= 11 is 5.65. The predicted octanol–water partition coefficient (Wildman–Crippen LogP) is 4.01. The van der Waals surface area contributed by atoms with E-state index in [0.717, 1.165) is 67.6 Å². The fourth-order valence-corrected chi connectivity index (χ4v) is 5.60. The van der Waals surface area contributed by atoms with Crippen molar-refractivity contribution in [3.63, 3.8) is 0 Å². The number of nitrogens with zero attached hydrogens (tertiary/aromatic N) is 2. The zero-order valence-electron chi connectivity index (χ0n) is 19.3. The summed E-state index contributed by atoms with van der Waals surface area (Å²) in [6, 6.07) is 15.1. The molecule has 5 rings (SSSR count). The maximum absolute atomic E-state index is 13.1. The third-order valence-electron chi connectivity index (χ3n) is 7.36. The van der Waals surface area contributed by atoms with Crippen LogP contribution in [0.15, 0.2) is 48.5 Å². The van der Waals surface area contributed by atoms with Gasteiger partial charge in [-0.1, -0.05) is 24.3 Å². The summed E-state index contributed by atoms with van der Waals surface area (Å²) < 4.78 is 10.8. The molecule has 2 saturated heterocycles. The standard InChI is InChI=1S/C26H29N3O4S/c1-32-19-6-4-5-18(15-19)27-25(34)28-12-9-26(10-13-28)11-14-29(17-26)23(30)16-22-20-7-2-3-8-21(20)24(31)33-22/h2-8,15,22H,9-14,16-17H2,1H3,(H,27,34). The normalized spacial score (nSPS) is 20.7. The minimum atomic E-state index is -0.477. The van der Waals surface area contributed by atoms with Gasteiger partial charge in [0.15, 0.2) is 5.11 Å². The number of likely N-dealkylation sites (tertiary alicyclic amines) is 2. The van der Waals surface area contributed by atoms with E-state index in [-0.39, 0.29) is 23.7 Å². The molecule has 34 heavy (non-hydrogen) atoms. The molecule has 0 saturated carbocycles. The van der Waals surface area contributed by atoms with Crippen molar-refractivity contribution in [2.45, 2.75) is 31.8 Å². The highest BCUT2D eigenvalue weighted by molar-refractivity contribution is 7.80. The van der Waals surface area contributed by atoms with Crippen LogP contribution in [0.2, 0.25) is 0 Å². The number of benzene rings is 2. The first kappa shape index (κ1) is 22.7. The molecule has 3 aliphatic heterocycles. The number of carbonyl (C=O) groups is 2. The van der Waals surface area contributed by atoms with Crippen LogP contribution in [-0.2, 0) is 9.53 Å². The van der Waals surface area contributed by atoms with Crippen LogP contribution in [0.1, 0.15) is 47.7 Å². The van der Waals surface area contributed by atoms with Crippen LogP contribution in [0.3, 0.4) is 0 Å². The average Bonchev–Trinajstić information content (AvgIpc) is 3.41. The van der Waals surface area contributed by atoms with Crippen molar-refractivity contribution in [2.75, 3.05) is 38.6 Å². The first-order valence-corrected chi connectivity index (χ1v) is 12.1. The van der Waals surface area contributed by atoms with Gasteiger partial charge < -0.3 is 24.6 Å². The Labute approximate surface area is 205 Å². The molecule has 2 fully saturated rings. The average molecular weight is 480 g/mol. The first-order valence-electron chi connectivity index (χ1n) is 11.7. The molecule has 0 aromatic heterocycles. The fraction of sp³-hybridized carbons (Fsp3) is 0.423. The lowest BCUT2D eigenvalue weighted by atomic mass is 9.78. The molecular weight excluding hydrogens is 450 g/mol. The number of rotatable bonds is 4. The number of carbonyl (C=O) groups excluding carboxylic acids is 2. The molecule has 1 amide bonds. The van der Waals surface area contributed by atoms with Gasteiger partial charge in [-0.2, -0.15) is 0 Å². The number of anilines is 1. The number of amides is 1. The molecule has 2 aromatic rings. The fourth-order valence-electron chi connectivity index (χ4n) is 5.30. The topological polar surface area (TPSA) is 71.1 Å². The van der Waals surface area contributed by atoms with Crippen LogP contribution in [-0.4, -0.2) is 60.1 Å². The zero-order valence-corrected chi connectivity index (χ0v) is 20.1. The summed E-state index contributed by atoms with van der Waals surface area (Å²) in [7, 11) is 1.65. The molecule has 7 nitrogen and oxygen atoms in total. The van der Waals surface area contributed by atoms with E-state index in [2.05, 4.69) is 10.2 Å². The van der Waals surface area contributed by atoms with Gasteiger partial charge in [-0.3, -0.25) is 4.79 Å². The minimum Gasteiger partial charge on any atom is -0.497 e. The Kier molecular flexibility index (Phi) is 6.16. The van der Waals surface area contributed by atoms with E-state index in [1.807, 2.05) is 47.4 Å². The molecule has 1 spiro atoms. The third-order valence-corrected chi connectivity index (χ3v) is 7.72. The number of cyclic esters (lactones) is 1. The van der Waals surface area contributed by atoms with Crippen molar-refractivity contribution < 1.29 is 19.1 Å². The van der Waals surface area contributed by atoms with Gasteiger partial charge >= 0.3 is 5.97 Å². The molecule has 3 aliphatic rings. The molecule has 3 heterocycles. The van der Waals surface area contributed by atoms with Crippen molar-refractivity contribution in [1.29, 1.82) is 0 Å². The summed E-state index contributed by atoms with van der Waals surface area (Å²) in [5, 5.41) is 4.03. The van der Waals surface area contributed by atoms with Crippen LogP contribution in [0.4, 0.5) is 5.69 Å². The van der Waals surface area contributed by atoms with Crippen molar-refractivity contribution >= 4 is 34.9 Å². The summed E-state index contributed by atoms with van der Waals surface area (Å²) in [4.78, 5) is 29.3. The molecule has 178 valence electrons. The van der Waals surface area contributed by atoms with Crippen LogP contribution in [0.5, 0.6) is 5.75 Å². The zero-order chi connectivity index (χ0) is 23.7. The Morgan fingerprint density at radius 2 is 1.85 bits per heavy atom. The molecule has 0 aliphatic carbocycles. The van der Waals surface area contributed by atoms with Crippen LogP contribution >= 0.6 is 12.2 Å². The highest BCUT2D eigenvalue weighted by Crippen LogP contribution is 2.41. The highest BCUT2D eigenvalue weighted by Gasteiger charge is 2.43. The van der Waals surface area contributed by atoms with Crippen LogP contribution in [0, 0.1) is 5.41 Å². The first-order chi connectivity index (χ1) is 16.5. The highest BCUT2D eigenvalue weighted by atomic mass is 32.1. The molecule has 0 bridgehead atoms. The number of ether oxygens (including phenoxy) is 2. The number of methoxy groups -OCH3 is 1. The molecule has 0 radical (unpaired) electrons. The Bertz CT molecular complexity index is 1110. The number of fused-ring (bicyclic) bond motifs is 1. The van der Waals surface area contributed by atoms with Gasteiger partial charge in [0.1, 0.15) is 11.9 Å². The number of hydrogen-bond donors (Lipinski definition) is 1. The van der Waals surface area contributed by atoms with Crippen molar-refractivity contribution in [1.82, 2.24) is 9.80 Å². The van der Waals surface area contributed by atoms with Crippen molar-refractivity contribution in [2.24, 2.45) is 5.41 Å². The summed E-state index contributed by atoms with van der Waals surface area (Å²) in [6.45, 7) is 3.25. The van der Waals surface area contributed by atoms with Gasteiger partial charge in [0, 0.05) is 43.5 Å². The lowest BCUT2D eigenvalue weighted by molar-refractivity contribution is -0.132. The van der Waals surface area contributed by atoms with E-state index in [4.69, 9.17) is 21.7 Å². The maximum atomic E-state index is 13.1. The lowest BCUT2D eigenvalue weighted by Gasteiger charge is -2.40. The maximum Gasteiger partial charge on any atom is 0.339 e. The van der Waals surface area contributed by atoms with E-state index in [0.29, 0.717) is 5.56 Å². The second-order valence-electron chi connectivity index (χ2n) is 9.40. The molecule has 1 N–H and O–H groups in total. The number of nitrogens with one attached hydrogen (secondary N) is 1. The van der Waals surface area contributed by atoms with Gasteiger partial charge in [-0.25, -0.2) is 4.79 Å². The monoisotopic (exact) mass is 479 g/mol.